The first-order valence-corrected chi connectivity index (χ1v) is 9.64. The SMILES string of the molecule is Cc1ncc(C#Cc2cccc(C(=O)Cc3cccc(-n4ccnc4)c3)c2)s1. The van der Waals surface area contributed by atoms with E-state index in [1.807, 2.05) is 66.2 Å². The van der Waals surface area contributed by atoms with Crippen LogP contribution in [0.3, 0.4) is 0 Å². The molecule has 0 aliphatic carbocycles. The average molecular weight is 383 g/mol. The fraction of sp³-hybridized carbons (Fsp3) is 0.0870. The topological polar surface area (TPSA) is 47.8 Å². The first-order chi connectivity index (χ1) is 13.7. The van der Waals surface area contributed by atoms with Gasteiger partial charge in [0.1, 0.15) is 0 Å². The second kappa shape index (κ2) is 8.03. The predicted octanol–water partition coefficient (Wildman–Crippen LogP) is 4.46. The highest BCUT2D eigenvalue weighted by molar-refractivity contribution is 7.12. The highest BCUT2D eigenvalue weighted by atomic mass is 32.1. The van der Waals surface area contributed by atoms with Crippen molar-refractivity contribution in [3.63, 3.8) is 0 Å². The normalized spacial score (nSPS) is 10.3. The van der Waals surface area contributed by atoms with Crippen LogP contribution >= 0.6 is 11.3 Å². The summed E-state index contributed by atoms with van der Waals surface area (Å²) in [5.74, 6) is 6.30. The van der Waals surface area contributed by atoms with E-state index < -0.39 is 0 Å². The lowest BCUT2D eigenvalue weighted by Crippen LogP contribution is -2.04. The number of aromatic nitrogens is 3. The molecule has 0 unspecified atom stereocenters. The second-order valence-corrected chi connectivity index (χ2v) is 7.55. The summed E-state index contributed by atoms with van der Waals surface area (Å²) < 4.78 is 1.92. The zero-order chi connectivity index (χ0) is 19.3. The molecule has 0 aliphatic rings. The third-order valence-electron chi connectivity index (χ3n) is 4.21. The Kier molecular flexibility index (Phi) is 5.14. The van der Waals surface area contributed by atoms with Gasteiger partial charge in [0.25, 0.3) is 0 Å². The minimum absolute atomic E-state index is 0.0695. The van der Waals surface area contributed by atoms with E-state index in [0.717, 1.165) is 26.7 Å². The maximum Gasteiger partial charge on any atom is 0.167 e. The summed E-state index contributed by atoms with van der Waals surface area (Å²) in [6.07, 6.45) is 7.47. The Morgan fingerprint density at radius 3 is 2.82 bits per heavy atom. The van der Waals surface area contributed by atoms with E-state index in [1.54, 1.807) is 30.1 Å². The largest absolute Gasteiger partial charge is 0.306 e. The van der Waals surface area contributed by atoms with Crippen LogP contribution < -0.4 is 0 Å². The molecule has 0 N–H and O–H groups in total. The molecule has 0 bridgehead atoms. The van der Waals surface area contributed by atoms with Crippen molar-refractivity contribution in [1.29, 1.82) is 0 Å². The minimum Gasteiger partial charge on any atom is -0.306 e. The number of hydrogen-bond acceptors (Lipinski definition) is 4. The number of hydrogen-bond donors (Lipinski definition) is 0. The molecule has 0 saturated heterocycles. The molecule has 0 aliphatic heterocycles. The number of Topliss-reactive ketones (excluding diaryl/α,β-unsaturated/α-hetero) is 1. The highest BCUT2D eigenvalue weighted by Crippen LogP contribution is 2.14. The van der Waals surface area contributed by atoms with Crippen molar-refractivity contribution < 1.29 is 4.79 Å². The first kappa shape index (κ1) is 17.9. The van der Waals surface area contributed by atoms with Crippen LogP contribution in [0.15, 0.2) is 73.4 Å². The van der Waals surface area contributed by atoms with Gasteiger partial charge in [0.2, 0.25) is 0 Å². The fourth-order valence-corrected chi connectivity index (χ4v) is 3.48. The van der Waals surface area contributed by atoms with Gasteiger partial charge in [-0.25, -0.2) is 9.97 Å². The van der Waals surface area contributed by atoms with Gasteiger partial charge in [-0.15, -0.1) is 11.3 Å². The number of ketones is 1. The molecule has 4 nitrogen and oxygen atoms in total. The number of nitrogens with zero attached hydrogens (tertiary/aromatic N) is 3. The van der Waals surface area contributed by atoms with E-state index in [2.05, 4.69) is 21.8 Å². The van der Waals surface area contributed by atoms with Crippen LogP contribution in [0.5, 0.6) is 0 Å². The van der Waals surface area contributed by atoms with Gasteiger partial charge in [0.05, 0.1) is 22.4 Å². The van der Waals surface area contributed by atoms with Crippen LogP contribution in [0, 0.1) is 18.8 Å². The van der Waals surface area contributed by atoms with Crippen molar-refractivity contribution in [2.75, 3.05) is 0 Å². The maximum absolute atomic E-state index is 12.8. The Morgan fingerprint density at radius 2 is 2.04 bits per heavy atom. The standard InChI is InChI=1S/C23H17N3OS/c1-17-25-15-22(28-17)9-8-18-4-2-6-20(12-18)23(27)14-19-5-3-7-21(13-19)26-11-10-24-16-26/h2-7,10-13,15-16H,14H2,1H3. The van der Waals surface area contributed by atoms with E-state index in [0.29, 0.717) is 12.0 Å². The molecule has 28 heavy (non-hydrogen) atoms. The molecule has 0 spiro atoms. The number of carbonyl (C=O) groups excluding carboxylic acids is 1. The van der Waals surface area contributed by atoms with Gasteiger partial charge in [-0.3, -0.25) is 4.79 Å². The lowest BCUT2D eigenvalue weighted by molar-refractivity contribution is 0.0993. The monoisotopic (exact) mass is 383 g/mol. The Bertz CT molecular complexity index is 1180. The number of imidazole rings is 1. The van der Waals surface area contributed by atoms with Crippen molar-refractivity contribution in [3.05, 3.63) is 100 Å². The van der Waals surface area contributed by atoms with E-state index in [9.17, 15) is 4.79 Å². The Morgan fingerprint density at radius 1 is 1.14 bits per heavy atom. The molecule has 4 aromatic rings. The van der Waals surface area contributed by atoms with Crippen LogP contribution in [-0.2, 0) is 6.42 Å². The van der Waals surface area contributed by atoms with Gasteiger partial charge in [-0.05, 0) is 42.7 Å². The molecule has 0 saturated carbocycles. The number of thiazole rings is 1. The summed E-state index contributed by atoms with van der Waals surface area (Å²) in [5, 5.41) is 0.992. The third-order valence-corrected chi connectivity index (χ3v) is 5.04. The van der Waals surface area contributed by atoms with Crippen molar-refractivity contribution in [1.82, 2.24) is 14.5 Å². The predicted molar refractivity (Wildman–Crippen MR) is 111 cm³/mol. The molecule has 2 heterocycles. The van der Waals surface area contributed by atoms with E-state index in [-0.39, 0.29) is 5.78 Å². The van der Waals surface area contributed by atoms with Crippen molar-refractivity contribution in [2.45, 2.75) is 13.3 Å². The van der Waals surface area contributed by atoms with E-state index >= 15 is 0 Å². The van der Waals surface area contributed by atoms with Crippen molar-refractivity contribution in [2.24, 2.45) is 0 Å². The van der Waals surface area contributed by atoms with Crippen molar-refractivity contribution >= 4 is 17.1 Å². The summed E-state index contributed by atoms with van der Waals surface area (Å²) in [6, 6.07) is 15.4. The number of aryl methyl sites for hydroxylation is 1. The Labute approximate surface area is 167 Å². The lowest BCUT2D eigenvalue weighted by atomic mass is 10.0. The van der Waals surface area contributed by atoms with Gasteiger partial charge < -0.3 is 4.57 Å². The summed E-state index contributed by atoms with van der Waals surface area (Å²) in [6.45, 7) is 1.96. The molecule has 0 amide bonds. The number of carbonyl (C=O) groups is 1. The van der Waals surface area contributed by atoms with Gasteiger partial charge >= 0.3 is 0 Å². The molecule has 0 radical (unpaired) electrons. The van der Waals surface area contributed by atoms with Crippen LogP contribution in [-0.4, -0.2) is 20.3 Å². The molecule has 2 aromatic heterocycles. The number of benzene rings is 2. The third kappa shape index (κ3) is 4.25. The first-order valence-electron chi connectivity index (χ1n) is 8.82. The molecule has 0 atom stereocenters. The second-order valence-electron chi connectivity index (χ2n) is 6.31. The van der Waals surface area contributed by atoms with Gasteiger partial charge in [-0.1, -0.05) is 30.2 Å². The maximum atomic E-state index is 12.8. The average Bonchev–Trinajstić information content (AvgIpc) is 3.39. The molecular formula is C23H17N3OS. The summed E-state index contributed by atoms with van der Waals surface area (Å²) in [5.41, 5.74) is 3.44. The quantitative estimate of drug-likeness (QED) is 0.386. The molecule has 4 rings (SSSR count). The zero-order valence-electron chi connectivity index (χ0n) is 15.3. The van der Waals surface area contributed by atoms with Gasteiger partial charge in [0, 0.05) is 35.6 Å². The van der Waals surface area contributed by atoms with Crippen LogP contribution in [0.2, 0.25) is 0 Å². The van der Waals surface area contributed by atoms with Crippen LogP contribution in [0.4, 0.5) is 0 Å². The van der Waals surface area contributed by atoms with Gasteiger partial charge in [-0.2, -0.15) is 0 Å². The smallest absolute Gasteiger partial charge is 0.167 e. The molecule has 5 heteroatoms. The number of rotatable bonds is 4. The molecular weight excluding hydrogens is 366 g/mol. The Hall–Kier alpha value is -3.49. The molecule has 0 fully saturated rings. The summed E-state index contributed by atoms with van der Waals surface area (Å²) >= 11 is 1.56. The van der Waals surface area contributed by atoms with E-state index in [1.165, 1.54) is 0 Å². The molecule has 2 aromatic carbocycles. The lowest BCUT2D eigenvalue weighted by Gasteiger charge is -2.06. The summed E-state index contributed by atoms with van der Waals surface area (Å²) in [4.78, 5) is 22.0. The van der Waals surface area contributed by atoms with Crippen LogP contribution in [0.1, 0.15) is 31.4 Å². The van der Waals surface area contributed by atoms with Gasteiger partial charge in [0.15, 0.2) is 5.78 Å². The summed E-state index contributed by atoms with van der Waals surface area (Å²) in [7, 11) is 0. The minimum atomic E-state index is 0.0695. The van der Waals surface area contributed by atoms with Crippen molar-refractivity contribution in [3.8, 4) is 17.5 Å². The zero-order valence-corrected chi connectivity index (χ0v) is 16.1. The highest BCUT2D eigenvalue weighted by Gasteiger charge is 2.08. The fourth-order valence-electron chi connectivity index (χ4n) is 2.85. The van der Waals surface area contributed by atoms with Crippen LogP contribution in [0.25, 0.3) is 5.69 Å². The Balaban J connectivity index is 1.51. The molecule has 136 valence electrons. The van der Waals surface area contributed by atoms with E-state index in [4.69, 9.17) is 0 Å².